The smallest absolute Gasteiger partial charge is 0.182 e. The van der Waals surface area contributed by atoms with Crippen molar-refractivity contribution in [2.45, 2.75) is 0 Å². The average Bonchev–Trinajstić information content (AvgIpc) is 3.05. The zero-order valence-corrected chi connectivity index (χ0v) is 9.42. The van der Waals surface area contributed by atoms with E-state index in [4.69, 9.17) is 4.42 Å². The van der Waals surface area contributed by atoms with Gasteiger partial charge in [0.1, 0.15) is 11.2 Å². The zero-order chi connectivity index (χ0) is 11.9. The number of rotatable bonds is 1. The van der Waals surface area contributed by atoms with Crippen molar-refractivity contribution < 1.29 is 4.42 Å². The minimum Gasteiger partial charge on any atom is -0.443 e. The molecule has 0 bridgehead atoms. The first kappa shape index (κ1) is 9.41. The van der Waals surface area contributed by atoms with Crippen molar-refractivity contribution in [1.29, 1.82) is 0 Å². The van der Waals surface area contributed by atoms with Crippen molar-refractivity contribution in [2.75, 3.05) is 0 Å². The molecule has 18 heavy (non-hydrogen) atoms. The lowest BCUT2D eigenvalue weighted by Crippen LogP contribution is -1.81. The van der Waals surface area contributed by atoms with Gasteiger partial charge in [0.25, 0.3) is 0 Å². The highest BCUT2D eigenvalue weighted by Gasteiger charge is 2.12. The van der Waals surface area contributed by atoms with E-state index in [1.54, 1.807) is 0 Å². The van der Waals surface area contributed by atoms with Gasteiger partial charge in [0, 0.05) is 10.9 Å². The lowest BCUT2D eigenvalue weighted by molar-refractivity contribution is 0.602. The molecule has 4 nitrogen and oxygen atoms in total. The number of hydrogen-bond donors (Lipinski definition) is 1. The van der Waals surface area contributed by atoms with Gasteiger partial charge in [-0.15, -0.1) is 0 Å². The number of fused-ring (bicyclic) bond motifs is 2. The van der Waals surface area contributed by atoms with Gasteiger partial charge < -0.3 is 4.42 Å². The Labute approximate surface area is 102 Å². The Balaban J connectivity index is 2.10. The molecule has 0 aliphatic carbocycles. The summed E-state index contributed by atoms with van der Waals surface area (Å²) in [6.45, 7) is 0. The van der Waals surface area contributed by atoms with Crippen LogP contribution in [0.1, 0.15) is 0 Å². The second-order valence-electron chi connectivity index (χ2n) is 4.12. The molecule has 2 aromatic carbocycles. The van der Waals surface area contributed by atoms with Crippen molar-refractivity contribution in [1.82, 2.24) is 15.2 Å². The number of nitrogens with zero attached hydrogens (tertiary/aromatic N) is 2. The van der Waals surface area contributed by atoms with Gasteiger partial charge in [-0.25, -0.2) is 4.98 Å². The lowest BCUT2D eigenvalue weighted by Gasteiger charge is -1.98. The maximum atomic E-state index is 5.32. The number of H-pyrrole nitrogens is 1. The van der Waals surface area contributed by atoms with Crippen LogP contribution in [0.5, 0.6) is 0 Å². The highest BCUT2D eigenvalue weighted by Crippen LogP contribution is 2.30. The van der Waals surface area contributed by atoms with E-state index in [1.807, 2.05) is 42.5 Å². The molecule has 4 aromatic rings. The molecule has 0 spiro atoms. The third kappa shape index (κ3) is 1.20. The highest BCUT2D eigenvalue weighted by molar-refractivity contribution is 6.00. The van der Waals surface area contributed by atoms with Crippen molar-refractivity contribution in [2.24, 2.45) is 0 Å². The maximum Gasteiger partial charge on any atom is 0.182 e. The quantitative estimate of drug-likeness (QED) is 0.550. The van der Waals surface area contributed by atoms with Crippen LogP contribution in [0.2, 0.25) is 0 Å². The Kier molecular flexibility index (Phi) is 1.80. The summed E-state index contributed by atoms with van der Waals surface area (Å²) in [5.74, 6) is 0. The fourth-order valence-electron chi connectivity index (χ4n) is 2.25. The molecular formula is C14H9N3O. The number of oxazole rings is 1. The molecule has 0 amide bonds. The van der Waals surface area contributed by atoms with E-state index in [1.165, 1.54) is 6.39 Å². The Morgan fingerprint density at radius 2 is 1.94 bits per heavy atom. The minimum atomic E-state index is 0.777. The molecule has 0 radical (unpaired) electrons. The molecule has 2 aromatic heterocycles. The summed E-state index contributed by atoms with van der Waals surface area (Å²) in [7, 11) is 0. The second kappa shape index (κ2) is 3.43. The van der Waals surface area contributed by atoms with Gasteiger partial charge in [-0.2, -0.15) is 5.10 Å². The van der Waals surface area contributed by atoms with Gasteiger partial charge in [-0.05, 0) is 12.1 Å². The Morgan fingerprint density at radius 1 is 1.00 bits per heavy atom. The first-order chi connectivity index (χ1) is 8.93. The fraction of sp³-hybridized carbons (Fsp3) is 0. The van der Waals surface area contributed by atoms with Crippen LogP contribution < -0.4 is 0 Å². The van der Waals surface area contributed by atoms with Crippen LogP contribution in [0.4, 0.5) is 0 Å². The summed E-state index contributed by atoms with van der Waals surface area (Å²) in [4.78, 5) is 4.26. The third-order valence-electron chi connectivity index (χ3n) is 3.09. The largest absolute Gasteiger partial charge is 0.443 e. The molecule has 0 fully saturated rings. The monoisotopic (exact) mass is 235 g/mol. The molecule has 86 valence electrons. The number of nitrogens with one attached hydrogen (secondary N) is 1. The molecule has 0 unspecified atom stereocenters. The SMILES string of the molecule is c1ccc2c(-c3cccc4ocnc34)n[nH]c2c1. The molecule has 0 saturated carbocycles. The van der Waals surface area contributed by atoms with E-state index in [9.17, 15) is 0 Å². The molecule has 0 aliphatic heterocycles. The molecular weight excluding hydrogens is 226 g/mol. The predicted molar refractivity (Wildman–Crippen MR) is 69.1 cm³/mol. The number of para-hydroxylation sites is 2. The van der Waals surface area contributed by atoms with E-state index in [0.29, 0.717) is 0 Å². The fourth-order valence-corrected chi connectivity index (χ4v) is 2.25. The molecule has 1 N–H and O–H groups in total. The second-order valence-corrected chi connectivity index (χ2v) is 4.12. The first-order valence-electron chi connectivity index (χ1n) is 5.69. The highest BCUT2D eigenvalue weighted by atomic mass is 16.3. The molecule has 0 aliphatic rings. The first-order valence-corrected chi connectivity index (χ1v) is 5.69. The number of hydrogen-bond acceptors (Lipinski definition) is 3. The summed E-state index contributed by atoms with van der Waals surface area (Å²) in [6, 6.07) is 13.9. The summed E-state index contributed by atoms with van der Waals surface area (Å²) in [6.07, 6.45) is 1.46. The average molecular weight is 235 g/mol. The van der Waals surface area contributed by atoms with E-state index >= 15 is 0 Å². The number of aromatic nitrogens is 3. The van der Waals surface area contributed by atoms with Crippen LogP contribution in [0.25, 0.3) is 33.3 Å². The molecule has 4 heteroatoms. The van der Waals surface area contributed by atoms with E-state index in [-0.39, 0.29) is 0 Å². The van der Waals surface area contributed by atoms with E-state index in [2.05, 4.69) is 15.2 Å². The molecule has 0 saturated heterocycles. The van der Waals surface area contributed by atoms with Gasteiger partial charge in [0.15, 0.2) is 12.0 Å². The van der Waals surface area contributed by atoms with Crippen LogP contribution in [-0.2, 0) is 0 Å². The summed E-state index contributed by atoms with van der Waals surface area (Å²) >= 11 is 0. The predicted octanol–water partition coefficient (Wildman–Crippen LogP) is 3.37. The van der Waals surface area contributed by atoms with Crippen molar-refractivity contribution in [3.8, 4) is 11.3 Å². The molecule has 4 rings (SSSR count). The van der Waals surface area contributed by atoms with Crippen molar-refractivity contribution >= 4 is 22.0 Å². The van der Waals surface area contributed by atoms with Crippen LogP contribution in [-0.4, -0.2) is 15.2 Å². The minimum absolute atomic E-state index is 0.777. The van der Waals surface area contributed by atoms with Crippen LogP contribution in [0.3, 0.4) is 0 Å². The zero-order valence-electron chi connectivity index (χ0n) is 9.42. The summed E-state index contributed by atoms with van der Waals surface area (Å²) < 4.78 is 5.32. The van der Waals surface area contributed by atoms with Gasteiger partial charge in [0.05, 0.1) is 5.52 Å². The van der Waals surface area contributed by atoms with Crippen LogP contribution >= 0.6 is 0 Å². The third-order valence-corrected chi connectivity index (χ3v) is 3.09. The number of benzene rings is 2. The van der Waals surface area contributed by atoms with E-state index in [0.717, 1.165) is 33.3 Å². The van der Waals surface area contributed by atoms with Gasteiger partial charge >= 0.3 is 0 Å². The Bertz CT molecular complexity index is 844. The van der Waals surface area contributed by atoms with Crippen LogP contribution in [0.15, 0.2) is 53.3 Å². The normalized spacial score (nSPS) is 11.3. The van der Waals surface area contributed by atoms with Gasteiger partial charge in [0.2, 0.25) is 0 Å². The van der Waals surface area contributed by atoms with Crippen LogP contribution in [0, 0.1) is 0 Å². The topological polar surface area (TPSA) is 54.7 Å². The Morgan fingerprint density at radius 3 is 2.94 bits per heavy atom. The standard InChI is InChI=1S/C14H9N3O/c1-2-6-11-9(4-1)13(17-16-11)10-5-3-7-12-14(10)15-8-18-12/h1-8H,(H,16,17). The van der Waals surface area contributed by atoms with E-state index < -0.39 is 0 Å². The Hall–Kier alpha value is -2.62. The summed E-state index contributed by atoms with van der Waals surface area (Å²) in [5, 5.41) is 8.51. The van der Waals surface area contributed by atoms with Crippen molar-refractivity contribution in [3.63, 3.8) is 0 Å². The van der Waals surface area contributed by atoms with Gasteiger partial charge in [-0.3, -0.25) is 5.10 Å². The summed E-state index contributed by atoms with van der Waals surface area (Å²) in [5.41, 5.74) is 4.53. The maximum absolute atomic E-state index is 5.32. The lowest BCUT2D eigenvalue weighted by atomic mass is 10.1. The number of aromatic amines is 1. The van der Waals surface area contributed by atoms with Gasteiger partial charge in [-0.1, -0.05) is 30.3 Å². The molecule has 2 heterocycles. The van der Waals surface area contributed by atoms with Crippen molar-refractivity contribution in [3.05, 3.63) is 48.9 Å². The molecule has 0 atom stereocenters.